The van der Waals surface area contributed by atoms with Gasteiger partial charge in [-0.1, -0.05) is 63.3 Å². The summed E-state index contributed by atoms with van der Waals surface area (Å²) < 4.78 is 12.6. The second-order valence-corrected chi connectivity index (χ2v) is 10.4. The molecule has 29 heavy (non-hydrogen) atoms. The first-order valence-electron chi connectivity index (χ1n) is 12.6. The monoisotopic (exact) mass is 396 g/mol. The van der Waals surface area contributed by atoms with E-state index in [1.807, 2.05) is 6.08 Å². The van der Waals surface area contributed by atoms with Crippen LogP contribution in [0.5, 0.6) is 0 Å². The maximum Gasteiger partial charge on any atom is 0.0829 e. The van der Waals surface area contributed by atoms with Crippen LogP contribution in [-0.4, -0.2) is 0 Å². The molecule has 0 nitrogen and oxygen atoms in total. The molecule has 5 unspecified atom stereocenters. The standard InChI is InChI=1S/C28H41F/c1-2-3-4-5-6-21-7-9-25-19-27(13-11-23(25)17-21)28-14-12-24-18-22(15-16-29)8-10-26(24)20-28/h11,13,15-16,19,21-22,24,26,28H,2-10,12,14,17-18,20H2,1H3/b16-15+. The van der Waals surface area contributed by atoms with Crippen molar-refractivity contribution in [3.05, 3.63) is 47.3 Å². The van der Waals surface area contributed by atoms with Gasteiger partial charge >= 0.3 is 0 Å². The van der Waals surface area contributed by atoms with Crippen LogP contribution in [0.2, 0.25) is 0 Å². The highest BCUT2D eigenvalue weighted by atomic mass is 19.1. The van der Waals surface area contributed by atoms with Gasteiger partial charge in [0, 0.05) is 0 Å². The smallest absolute Gasteiger partial charge is 0.0829 e. The number of allylic oxidation sites excluding steroid dienone is 1. The molecular weight excluding hydrogens is 355 g/mol. The lowest BCUT2D eigenvalue weighted by Gasteiger charge is -2.42. The Morgan fingerprint density at radius 2 is 1.79 bits per heavy atom. The molecule has 0 aliphatic heterocycles. The van der Waals surface area contributed by atoms with Crippen LogP contribution in [0, 0.1) is 23.7 Å². The molecule has 1 aromatic carbocycles. The topological polar surface area (TPSA) is 0 Å². The largest absolute Gasteiger partial charge is 0.216 e. The van der Waals surface area contributed by atoms with E-state index < -0.39 is 0 Å². The summed E-state index contributed by atoms with van der Waals surface area (Å²) >= 11 is 0. The van der Waals surface area contributed by atoms with Gasteiger partial charge in [-0.25, -0.2) is 4.39 Å². The first-order chi connectivity index (χ1) is 14.3. The van der Waals surface area contributed by atoms with E-state index in [-0.39, 0.29) is 0 Å². The molecule has 0 aromatic heterocycles. The van der Waals surface area contributed by atoms with E-state index in [1.165, 1.54) is 89.9 Å². The number of benzene rings is 1. The van der Waals surface area contributed by atoms with E-state index in [2.05, 4.69) is 25.1 Å². The molecule has 2 fully saturated rings. The van der Waals surface area contributed by atoms with Gasteiger partial charge in [0.05, 0.1) is 6.33 Å². The lowest BCUT2D eigenvalue weighted by molar-refractivity contribution is 0.133. The summed E-state index contributed by atoms with van der Waals surface area (Å²) in [5.74, 6) is 3.90. The molecule has 0 spiro atoms. The summed E-state index contributed by atoms with van der Waals surface area (Å²) in [4.78, 5) is 0. The molecule has 2 saturated carbocycles. The molecule has 0 bridgehead atoms. The third-order valence-electron chi connectivity index (χ3n) is 8.50. The van der Waals surface area contributed by atoms with Gasteiger partial charge in [0.1, 0.15) is 0 Å². The molecule has 0 amide bonds. The van der Waals surface area contributed by atoms with Crippen molar-refractivity contribution in [2.45, 2.75) is 103 Å². The third kappa shape index (κ3) is 5.33. The minimum atomic E-state index is 0.497. The Morgan fingerprint density at radius 3 is 2.66 bits per heavy atom. The maximum absolute atomic E-state index is 12.6. The number of aryl methyl sites for hydroxylation is 1. The van der Waals surface area contributed by atoms with Crippen molar-refractivity contribution in [2.75, 3.05) is 0 Å². The van der Waals surface area contributed by atoms with Gasteiger partial charge in [-0.15, -0.1) is 0 Å². The van der Waals surface area contributed by atoms with Crippen LogP contribution in [0.1, 0.15) is 107 Å². The number of hydrogen-bond acceptors (Lipinski definition) is 0. The van der Waals surface area contributed by atoms with Crippen LogP contribution in [0.4, 0.5) is 4.39 Å². The summed E-state index contributed by atoms with van der Waals surface area (Å²) in [5, 5.41) is 0. The Kier molecular flexibility index (Phi) is 7.49. The molecule has 5 atom stereocenters. The number of fused-ring (bicyclic) bond motifs is 2. The van der Waals surface area contributed by atoms with Gasteiger partial charge in [-0.2, -0.15) is 0 Å². The Balaban J connectivity index is 1.32. The molecule has 3 aliphatic rings. The zero-order chi connectivity index (χ0) is 20.1. The molecule has 0 radical (unpaired) electrons. The second kappa shape index (κ2) is 10.3. The molecule has 0 N–H and O–H groups in total. The molecule has 1 aromatic rings. The second-order valence-electron chi connectivity index (χ2n) is 10.4. The Labute approximate surface area is 178 Å². The SMILES string of the molecule is CCCCCCC1CCc2cc(C3CCC4CC(/C=C/F)CCC4C3)ccc2C1. The average Bonchev–Trinajstić information content (AvgIpc) is 2.76. The van der Waals surface area contributed by atoms with Gasteiger partial charge in [0.25, 0.3) is 0 Å². The summed E-state index contributed by atoms with van der Waals surface area (Å²) in [6.45, 7) is 2.30. The first-order valence-corrected chi connectivity index (χ1v) is 12.6. The lowest BCUT2D eigenvalue weighted by Crippen LogP contribution is -2.30. The highest BCUT2D eigenvalue weighted by Gasteiger charge is 2.35. The summed E-state index contributed by atoms with van der Waals surface area (Å²) in [6.07, 6.45) is 21.4. The third-order valence-corrected chi connectivity index (χ3v) is 8.50. The molecule has 4 rings (SSSR count). The van der Waals surface area contributed by atoms with E-state index in [9.17, 15) is 4.39 Å². The molecule has 160 valence electrons. The van der Waals surface area contributed by atoms with E-state index in [0.29, 0.717) is 5.92 Å². The van der Waals surface area contributed by atoms with Crippen molar-refractivity contribution in [1.29, 1.82) is 0 Å². The fourth-order valence-electron chi connectivity index (χ4n) is 6.72. The van der Waals surface area contributed by atoms with Crippen LogP contribution >= 0.6 is 0 Å². The van der Waals surface area contributed by atoms with Gasteiger partial charge < -0.3 is 0 Å². The van der Waals surface area contributed by atoms with Crippen molar-refractivity contribution in [1.82, 2.24) is 0 Å². The first kappa shape index (κ1) is 21.1. The Bertz CT molecular complexity index is 675. The molecule has 0 heterocycles. The molecular formula is C28H41F. The van der Waals surface area contributed by atoms with Crippen LogP contribution in [-0.2, 0) is 12.8 Å². The fraction of sp³-hybridized carbons (Fsp3) is 0.714. The van der Waals surface area contributed by atoms with Crippen LogP contribution in [0.25, 0.3) is 0 Å². The number of rotatable bonds is 7. The van der Waals surface area contributed by atoms with E-state index in [1.54, 1.807) is 16.7 Å². The maximum atomic E-state index is 12.6. The fourth-order valence-corrected chi connectivity index (χ4v) is 6.72. The molecule has 0 saturated heterocycles. The van der Waals surface area contributed by atoms with E-state index in [0.717, 1.165) is 30.0 Å². The van der Waals surface area contributed by atoms with Crippen LogP contribution < -0.4 is 0 Å². The van der Waals surface area contributed by atoms with Crippen molar-refractivity contribution in [2.24, 2.45) is 23.7 Å². The quantitative estimate of drug-likeness (QED) is 0.405. The van der Waals surface area contributed by atoms with Crippen molar-refractivity contribution in [3.8, 4) is 0 Å². The highest BCUT2D eigenvalue weighted by molar-refractivity contribution is 5.36. The zero-order valence-electron chi connectivity index (χ0n) is 18.6. The van der Waals surface area contributed by atoms with Gasteiger partial charge in [-0.05, 0) is 104 Å². The normalized spacial score (nSPS) is 32.1. The minimum absolute atomic E-state index is 0.497. The molecule has 3 aliphatic carbocycles. The van der Waals surface area contributed by atoms with Crippen LogP contribution in [0.15, 0.2) is 30.6 Å². The predicted octanol–water partition coefficient (Wildman–Crippen LogP) is 8.55. The zero-order valence-corrected chi connectivity index (χ0v) is 18.6. The Hall–Kier alpha value is -1.11. The highest BCUT2D eigenvalue weighted by Crippen LogP contribution is 2.48. The minimum Gasteiger partial charge on any atom is -0.216 e. The predicted molar refractivity (Wildman–Crippen MR) is 122 cm³/mol. The number of halogens is 1. The van der Waals surface area contributed by atoms with Gasteiger partial charge in [0.15, 0.2) is 0 Å². The summed E-state index contributed by atoms with van der Waals surface area (Å²) in [6, 6.07) is 7.55. The molecule has 1 heteroatoms. The number of hydrogen-bond donors (Lipinski definition) is 0. The Morgan fingerprint density at radius 1 is 0.931 bits per heavy atom. The number of unbranched alkanes of at least 4 members (excludes halogenated alkanes) is 3. The van der Waals surface area contributed by atoms with Gasteiger partial charge in [-0.3, -0.25) is 0 Å². The average molecular weight is 397 g/mol. The van der Waals surface area contributed by atoms with Crippen molar-refractivity contribution < 1.29 is 4.39 Å². The summed E-state index contributed by atoms with van der Waals surface area (Å²) in [5.41, 5.74) is 4.92. The van der Waals surface area contributed by atoms with Crippen LogP contribution in [0.3, 0.4) is 0 Å². The van der Waals surface area contributed by atoms with E-state index in [4.69, 9.17) is 0 Å². The lowest BCUT2D eigenvalue weighted by atomic mass is 9.63. The van der Waals surface area contributed by atoms with Crippen molar-refractivity contribution in [3.63, 3.8) is 0 Å². The van der Waals surface area contributed by atoms with Gasteiger partial charge in [0.2, 0.25) is 0 Å². The summed E-state index contributed by atoms with van der Waals surface area (Å²) in [7, 11) is 0. The van der Waals surface area contributed by atoms with Crippen molar-refractivity contribution >= 4 is 0 Å². The van der Waals surface area contributed by atoms with E-state index >= 15 is 0 Å².